The van der Waals surface area contributed by atoms with Gasteiger partial charge < -0.3 is 4.42 Å². The van der Waals surface area contributed by atoms with Gasteiger partial charge in [-0.15, -0.1) is 0 Å². The van der Waals surface area contributed by atoms with Gasteiger partial charge in [-0.25, -0.2) is 29.9 Å². The van der Waals surface area contributed by atoms with Crippen molar-refractivity contribution in [2.24, 2.45) is 0 Å². The van der Waals surface area contributed by atoms with Gasteiger partial charge in [0.1, 0.15) is 11.2 Å². The van der Waals surface area contributed by atoms with Crippen LogP contribution in [0.3, 0.4) is 0 Å². The molecule has 0 saturated carbocycles. The largest absolute Gasteiger partial charge is 0.455 e. The Bertz CT molecular complexity index is 3060. The molecule has 10 aromatic rings. The van der Waals surface area contributed by atoms with Crippen LogP contribution in [-0.4, -0.2) is 29.9 Å². The molecule has 3 aromatic heterocycles. The van der Waals surface area contributed by atoms with Crippen LogP contribution in [0.5, 0.6) is 0 Å². The van der Waals surface area contributed by atoms with Gasteiger partial charge in [0, 0.05) is 38.6 Å². The summed E-state index contributed by atoms with van der Waals surface area (Å²) in [5.41, 5.74) is 8.90. The highest BCUT2D eigenvalue weighted by molar-refractivity contribution is 6.10. The number of nitriles is 1. The van der Waals surface area contributed by atoms with Crippen molar-refractivity contribution in [2.75, 3.05) is 0 Å². The fraction of sp³-hybridized carbons (Fsp3) is 0. The van der Waals surface area contributed by atoms with Crippen LogP contribution in [0.15, 0.2) is 180 Å². The third-order valence-corrected chi connectivity index (χ3v) is 9.86. The molecule has 0 atom stereocenters. The fourth-order valence-electron chi connectivity index (χ4n) is 7.02. The van der Waals surface area contributed by atoms with Crippen molar-refractivity contribution in [3.8, 4) is 85.5 Å². The predicted octanol–water partition coefficient (Wildman–Crippen LogP) is 11.5. The normalized spacial score (nSPS) is 11.1. The van der Waals surface area contributed by atoms with Crippen LogP contribution in [-0.2, 0) is 0 Å². The molecule has 8 heteroatoms. The van der Waals surface area contributed by atoms with Crippen molar-refractivity contribution < 1.29 is 4.42 Å². The highest BCUT2D eigenvalue weighted by Crippen LogP contribution is 2.38. The van der Waals surface area contributed by atoms with Crippen molar-refractivity contribution >= 4 is 21.9 Å². The summed E-state index contributed by atoms with van der Waals surface area (Å²) >= 11 is 0. The first-order valence-electron chi connectivity index (χ1n) is 18.4. The third kappa shape index (κ3) is 6.35. The molecular weight excluding hydrogens is 703 g/mol. The van der Waals surface area contributed by atoms with Crippen molar-refractivity contribution in [1.82, 2.24) is 29.9 Å². The minimum absolute atomic E-state index is 0.518. The molecule has 266 valence electrons. The summed E-state index contributed by atoms with van der Waals surface area (Å²) in [5.74, 6) is 3.31. The van der Waals surface area contributed by atoms with Crippen LogP contribution in [0.2, 0.25) is 0 Å². The van der Waals surface area contributed by atoms with Crippen molar-refractivity contribution in [3.05, 3.63) is 181 Å². The second-order valence-corrected chi connectivity index (χ2v) is 13.4. The van der Waals surface area contributed by atoms with Gasteiger partial charge in [0.2, 0.25) is 0 Å². The second kappa shape index (κ2) is 14.3. The minimum Gasteiger partial charge on any atom is -0.455 e. The Morgan fingerprint density at radius 3 is 1.35 bits per heavy atom. The zero-order chi connectivity index (χ0) is 38.1. The van der Waals surface area contributed by atoms with E-state index < -0.39 is 0 Å². The Hall–Kier alpha value is -8.15. The predicted molar refractivity (Wildman–Crippen MR) is 223 cm³/mol. The number of para-hydroxylation sites is 1. The molecule has 0 spiro atoms. The maximum absolute atomic E-state index is 9.67. The van der Waals surface area contributed by atoms with E-state index in [0.29, 0.717) is 51.7 Å². The molecule has 7 aromatic carbocycles. The molecule has 57 heavy (non-hydrogen) atoms. The van der Waals surface area contributed by atoms with Gasteiger partial charge in [0.15, 0.2) is 34.9 Å². The van der Waals surface area contributed by atoms with Crippen LogP contribution in [0.4, 0.5) is 0 Å². The molecule has 0 amide bonds. The Morgan fingerprint density at radius 2 is 0.789 bits per heavy atom. The van der Waals surface area contributed by atoms with Gasteiger partial charge in [-0.2, -0.15) is 5.26 Å². The molecule has 3 heterocycles. The van der Waals surface area contributed by atoms with Crippen molar-refractivity contribution in [1.29, 1.82) is 5.26 Å². The number of benzene rings is 7. The smallest absolute Gasteiger partial charge is 0.167 e. The summed E-state index contributed by atoms with van der Waals surface area (Å²) in [6.07, 6.45) is 0. The number of rotatable bonds is 7. The average molecular weight is 732 g/mol. The van der Waals surface area contributed by atoms with Crippen molar-refractivity contribution in [2.45, 2.75) is 0 Å². The second-order valence-electron chi connectivity index (χ2n) is 13.4. The number of nitrogens with zero attached hydrogens (tertiary/aromatic N) is 7. The van der Waals surface area contributed by atoms with Gasteiger partial charge in [-0.1, -0.05) is 146 Å². The summed E-state index contributed by atoms with van der Waals surface area (Å²) in [7, 11) is 0. The number of hydrogen-bond acceptors (Lipinski definition) is 8. The molecule has 0 saturated heterocycles. The van der Waals surface area contributed by atoms with Crippen LogP contribution in [0.25, 0.3) is 101 Å². The van der Waals surface area contributed by atoms with E-state index in [1.54, 1.807) is 0 Å². The Kier molecular flexibility index (Phi) is 8.36. The summed E-state index contributed by atoms with van der Waals surface area (Å²) in [4.78, 5) is 29.7. The Labute approximate surface area is 327 Å². The first-order chi connectivity index (χ1) is 28.2. The zero-order valence-electron chi connectivity index (χ0n) is 30.3. The van der Waals surface area contributed by atoms with E-state index in [1.165, 1.54) is 0 Å². The van der Waals surface area contributed by atoms with E-state index in [4.69, 9.17) is 34.3 Å². The van der Waals surface area contributed by atoms with Gasteiger partial charge in [0.05, 0.1) is 17.2 Å². The molecular formula is C49H29N7O. The van der Waals surface area contributed by atoms with E-state index in [2.05, 4.69) is 12.1 Å². The zero-order valence-corrected chi connectivity index (χ0v) is 30.3. The van der Waals surface area contributed by atoms with Crippen LogP contribution >= 0.6 is 0 Å². The minimum atomic E-state index is 0.518. The van der Waals surface area contributed by atoms with E-state index in [0.717, 1.165) is 55.3 Å². The van der Waals surface area contributed by atoms with Gasteiger partial charge in [0.25, 0.3) is 0 Å². The Balaban J connectivity index is 1.09. The number of aromatic nitrogens is 6. The highest BCUT2D eigenvalue weighted by atomic mass is 16.3. The summed E-state index contributed by atoms with van der Waals surface area (Å²) in [6, 6.07) is 59.6. The lowest BCUT2D eigenvalue weighted by Crippen LogP contribution is -2.00. The first-order valence-corrected chi connectivity index (χ1v) is 18.4. The summed E-state index contributed by atoms with van der Waals surface area (Å²) in [5, 5.41) is 11.5. The molecule has 0 N–H and O–H groups in total. The maximum Gasteiger partial charge on any atom is 0.167 e. The topological polar surface area (TPSA) is 114 Å². The third-order valence-electron chi connectivity index (χ3n) is 9.86. The van der Waals surface area contributed by atoms with Crippen LogP contribution < -0.4 is 0 Å². The molecule has 8 nitrogen and oxygen atoms in total. The SMILES string of the molecule is N#Cc1ccccc1-c1ccc(-c2nc(-c3ccccc3)nc(-c3ccc4oc5c(-c6nc(-c7ccccc7)nc(-c7ccccc7)n6)cccc5c4c3)n2)cc1. The Morgan fingerprint density at radius 1 is 0.351 bits per heavy atom. The number of hydrogen-bond donors (Lipinski definition) is 0. The standard InChI is InChI=1S/C49H29N7O/c50-30-37-19-10-11-20-38(37)31-23-25-35(26-24-31)47-51-44(32-13-4-1-5-14-32)53-48(54-47)36-27-28-42-41(29-36)39-21-12-22-40(43(39)57-42)49-55-45(33-15-6-2-7-16-33)52-46(56-49)34-17-8-3-9-18-34/h1-29H. The van der Waals surface area contributed by atoms with Crippen LogP contribution in [0, 0.1) is 11.3 Å². The lowest BCUT2D eigenvalue weighted by molar-refractivity contribution is 0.669. The first kappa shape index (κ1) is 33.4. The molecule has 0 aliphatic rings. The number of furan rings is 1. The molecule has 0 aliphatic carbocycles. The number of fused-ring (bicyclic) bond motifs is 3. The molecule has 0 radical (unpaired) electrons. The van der Waals surface area contributed by atoms with Gasteiger partial charge >= 0.3 is 0 Å². The van der Waals surface area contributed by atoms with E-state index in [-0.39, 0.29) is 0 Å². The van der Waals surface area contributed by atoms with E-state index in [9.17, 15) is 5.26 Å². The van der Waals surface area contributed by atoms with E-state index >= 15 is 0 Å². The lowest BCUT2D eigenvalue weighted by Gasteiger charge is -2.09. The summed E-state index contributed by atoms with van der Waals surface area (Å²) in [6.45, 7) is 0. The highest BCUT2D eigenvalue weighted by Gasteiger charge is 2.19. The molecule has 10 rings (SSSR count). The van der Waals surface area contributed by atoms with Gasteiger partial charge in [-0.3, -0.25) is 0 Å². The van der Waals surface area contributed by atoms with E-state index in [1.807, 2.05) is 170 Å². The monoisotopic (exact) mass is 731 g/mol. The van der Waals surface area contributed by atoms with Crippen LogP contribution in [0.1, 0.15) is 5.56 Å². The molecule has 0 unspecified atom stereocenters. The molecule has 0 fully saturated rings. The van der Waals surface area contributed by atoms with Crippen molar-refractivity contribution in [3.63, 3.8) is 0 Å². The molecule has 0 bridgehead atoms. The van der Waals surface area contributed by atoms with Gasteiger partial charge in [-0.05, 0) is 41.5 Å². The summed E-state index contributed by atoms with van der Waals surface area (Å²) < 4.78 is 6.60. The average Bonchev–Trinajstić information content (AvgIpc) is 3.68. The molecule has 0 aliphatic heterocycles. The lowest BCUT2D eigenvalue weighted by atomic mass is 9.99. The quantitative estimate of drug-likeness (QED) is 0.159. The fourth-order valence-corrected chi connectivity index (χ4v) is 7.02. The maximum atomic E-state index is 9.67.